The normalized spacial score (nSPS) is 17.0. The van der Waals surface area contributed by atoms with Crippen molar-refractivity contribution in [2.75, 3.05) is 36.5 Å². The van der Waals surface area contributed by atoms with Crippen molar-refractivity contribution in [3.05, 3.63) is 17.5 Å². The Kier molecular flexibility index (Phi) is 4.88. The van der Waals surface area contributed by atoms with E-state index in [2.05, 4.69) is 30.6 Å². The summed E-state index contributed by atoms with van der Waals surface area (Å²) in [6.45, 7) is 10.7. The van der Waals surface area contributed by atoms with Gasteiger partial charge >= 0.3 is 0 Å². The monoisotopic (exact) mass is 325 g/mol. The number of nitrogens with two attached hydrogens (primary N) is 1. The number of carbonyl (C=O) groups is 1. The highest BCUT2D eigenvalue weighted by Gasteiger charge is 2.33. The minimum Gasteiger partial charge on any atom is -0.396 e. The summed E-state index contributed by atoms with van der Waals surface area (Å²) in [5, 5.41) is 3.94. The maximum Gasteiger partial charge on any atom is 0.263 e. The predicted octanol–water partition coefficient (Wildman–Crippen LogP) is 3.20. The molecule has 0 unspecified atom stereocenters. The van der Waals surface area contributed by atoms with E-state index in [4.69, 9.17) is 5.73 Å². The van der Waals surface area contributed by atoms with Crippen LogP contribution in [0.25, 0.3) is 0 Å². The lowest BCUT2D eigenvalue weighted by atomic mass is 9.93. The van der Waals surface area contributed by atoms with E-state index in [1.54, 1.807) is 17.8 Å². The Morgan fingerprint density at radius 1 is 1.62 bits per heavy atom. The number of hydrogen-bond acceptors (Lipinski definition) is 5. The van der Waals surface area contributed by atoms with E-state index in [0.717, 1.165) is 29.4 Å². The van der Waals surface area contributed by atoms with Gasteiger partial charge in [0.15, 0.2) is 0 Å². The molecule has 1 aromatic rings. The molecule has 1 fully saturated rings. The zero-order valence-corrected chi connectivity index (χ0v) is 14.5. The molecule has 2 heterocycles. The van der Waals surface area contributed by atoms with Crippen molar-refractivity contribution in [3.63, 3.8) is 0 Å². The van der Waals surface area contributed by atoms with Gasteiger partial charge in [-0.25, -0.2) is 0 Å². The van der Waals surface area contributed by atoms with Crippen LogP contribution in [0.1, 0.15) is 29.9 Å². The molecular weight excluding hydrogens is 302 g/mol. The van der Waals surface area contributed by atoms with Crippen LogP contribution in [-0.2, 0) is 0 Å². The standard InChI is InChI=1S/C15H23N3OS2/c1-5-7-17-13(19)11-10(16)12(20-4)14(21-11)18-8-6-15(2,3)9-18/h5H,1,6-9,16H2,2-4H3,(H,17,19). The highest BCUT2D eigenvalue weighted by Crippen LogP contribution is 2.46. The van der Waals surface area contributed by atoms with Gasteiger partial charge in [0.05, 0.1) is 10.6 Å². The predicted molar refractivity (Wildman–Crippen MR) is 93.7 cm³/mol. The van der Waals surface area contributed by atoms with Gasteiger partial charge in [-0.15, -0.1) is 29.7 Å². The Morgan fingerprint density at radius 3 is 2.86 bits per heavy atom. The van der Waals surface area contributed by atoms with Gasteiger partial charge in [-0.05, 0) is 18.1 Å². The summed E-state index contributed by atoms with van der Waals surface area (Å²) >= 11 is 3.12. The molecule has 6 heteroatoms. The molecule has 1 amide bonds. The molecule has 1 aliphatic rings. The molecule has 3 N–H and O–H groups in total. The Bertz CT molecular complexity index is 551. The van der Waals surface area contributed by atoms with Gasteiger partial charge in [0.1, 0.15) is 9.88 Å². The van der Waals surface area contributed by atoms with Gasteiger partial charge in [-0.1, -0.05) is 19.9 Å². The van der Waals surface area contributed by atoms with Gasteiger partial charge in [0.25, 0.3) is 5.91 Å². The van der Waals surface area contributed by atoms with Crippen LogP contribution in [0, 0.1) is 5.41 Å². The molecule has 0 atom stereocenters. The smallest absolute Gasteiger partial charge is 0.263 e. The zero-order valence-electron chi connectivity index (χ0n) is 12.9. The van der Waals surface area contributed by atoms with Crippen LogP contribution in [-0.4, -0.2) is 31.8 Å². The first-order chi connectivity index (χ1) is 9.89. The zero-order chi connectivity index (χ0) is 15.6. The second kappa shape index (κ2) is 6.32. The number of hydrogen-bond donors (Lipinski definition) is 2. The molecule has 1 saturated heterocycles. The lowest BCUT2D eigenvalue weighted by Crippen LogP contribution is -2.23. The van der Waals surface area contributed by atoms with Crippen molar-refractivity contribution >= 4 is 39.7 Å². The van der Waals surface area contributed by atoms with Gasteiger partial charge in [-0.2, -0.15) is 0 Å². The van der Waals surface area contributed by atoms with Crippen LogP contribution >= 0.6 is 23.1 Å². The fourth-order valence-corrected chi connectivity index (χ4v) is 4.64. The molecular formula is C15H23N3OS2. The molecule has 0 aliphatic carbocycles. The van der Waals surface area contributed by atoms with Gasteiger partial charge in [0, 0.05) is 19.6 Å². The van der Waals surface area contributed by atoms with Crippen molar-refractivity contribution in [1.82, 2.24) is 5.32 Å². The molecule has 0 aromatic carbocycles. The van der Waals surface area contributed by atoms with E-state index in [1.807, 2.05) is 6.26 Å². The molecule has 21 heavy (non-hydrogen) atoms. The van der Waals surface area contributed by atoms with Crippen molar-refractivity contribution in [2.24, 2.45) is 5.41 Å². The summed E-state index contributed by atoms with van der Waals surface area (Å²) in [7, 11) is 0. The van der Waals surface area contributed by atoms with Crippen LogP contribution in [0.15, 0.2) is 17.6 Å². The van der Waals surface area contributed by atoms with Crippen LogP contribution in [0.3, 0.4) is 0 Å². The van der Waals surface area contributed by atoms with E-state index in [1.165, 1.54) is 11.3 Å². The summed E-state index contributed by atoms with van der Waals surface area (Å²) in [6, 6.07) is 0. The fourth-order valence-electron chi connectivity index (χ4n) is 2.52. The minimum absolute atomic E-state index is 0.114. The van der Waals surface area contributed by atoms with Crippen molar-refractivity contribution < 1.29 is 4.79 Å². The maximum absolute atomic E-state index is 12.2. The number of nitrogen functional groups attached to an aromatic ring is 1. The molecule has 0 bridgehead atoms. The van der Waals surface area contributed by atoms with E-state index >= 15 is 0 Å². The van der Waals surface area contributed by atoms with Gasteiger partial charge in [-0.3, -0.25) is 4.79 Å². The van der Waals surface area contributed by atoms with Crippen LogP contribution < -0.4 is 16.0 Å². The summed E-state index contributed by atoms with van der Waals surface area (Å²) in [6.07, 6.45) is 4.84. The summed E-state index contributed by atoms with van der Waals surface area (Å²) < 4.78 is 0. The minimum atomic E-state index is -0.114. The fraction of sp³-hybridized carbons (Fsp3) is 0.533. The van der Waals surface area contributed by atoms with Crippen LogP contribution in [0.2, 0.25) is 0 Å². The molecule has 4 nitrogen and oxygen atoms in total. The average Bonchev–Trinajstić information content (AvgIpc) is 2.95. The van der Waals surface area contributed by atoms with Crippen molar-refractivity contribution in [1.29, 1.82) is 0 Å². The van der Waals surface area contributed by atoms with Gasteiger partial charge in [0.2, 0.25) is 0 Å². The highest BCUT2D eigenvalue weighted by atomic mass is 32.2. The van der Waals surface area contributed by atoms with E-state index in [0.29, 0.717) is 22.5 Å². The Morgan fingerprint density at radius 2 is 2.33 bits per heavy atom. The first-order valence-corrected chi connectivity index (χ1v) is 9.04. The third-order valence-electron chi connectivity index (χ3n) is 3.66. The third-order valence-corrected chi connectivity index (χ3v) is 5.88. The largest absolute Gasteiger partial charge is 0.396 e. The average molecular weight is 326 g/mol. The van der Waals surface area contributed by atoms with Crippen molar-refractivity contribution in [2.45, 2.75) is 25.2 Å². The molecule has 0 radical (unpaired) electrons. The second-order valence-electron chi connectivity index (χ2n) is 6.02. The van der Waals surface area contributed by atoms with E-state index in [9.17, 15) is 4.79 Å². The van der Waals surface area contributed by atoms with Crippen LogP contribution in [0.4, 0.5) is 10.7 Å². The number of anilines is 2. The Hall–Kier alpha value is -1.14. The summed E-state index contributed by atoms with van der Waals surface area (Å²) in [4.78, 5) is 16.2. The summed E-state index contributed by atoms with van der Waals surface area (Å²) in [5.74, 6) is -0.114. The lowest BCUT2D eigenvalue weighted by Gasteiger charge is -2.21. The van der Waals surface area contributed by atoms with E-state index < -0.39 is 0 Å². The number of rotatable bonds is 5. The quantitative estimate of drug-likeness (QED) is 0.645. The molecule has 2 rings (SSSR count). The van der Waals surface area contributed by atoms with Crippen molar-refractivity contribution in [3.8, 4) is 0 Å². The molecule has 116 valence electrons. The number of thiophene rings is 1. The molecule has 0 spiro atoms. The molecule has 1 aliphatic heterocycles. The SMILES string of the molecule is C=CCNC(=O)c1sc(N2CCC(C)(C)C2)c(SC)c1N. The Labute approximate surface area is 134 Å². The second-order valence-corrected chi connectivity index (χ2v) is 7.83. The number of nitrogens with one attached hydrogen (secondary N) is 1. The molecule has 0 saturated carbocycles. The maximum atomic E-state index is 12.2. The summed E-state index contributed by atoms with van der Waals surface area (Å²) in [5.41, 5.74) is 7.12. The number of carbonyl (C=O) groups excluding carboxylic acids is 1. The number of amides is 1. The van der Waals surface area contributed by atoms with E-state index in [-0.39, 0.29) is 5.91 Å². The number of nitrogens with zero attached hydrogens (tertiary/aromatic N) is 1. The lowest BCUT2D eigenvalue weighted by molar-refractivity contribution is 0.0963. The van der Waals surface area contributed by atoms with Gasteiger partial charge < -0.3 is 16.0 Å². The third kappa shape index (κ3) is 3.37. The first-order valence-electron chi connectivity index (χ1n) is 7.00. The first kappa shape index (κ1) is 16.2. The van der Waals surface area contributed by atoms with Crippen LogP contribution in [0.5, 0.6) is 0 Å². The topological polar surface area (TPSA) is 58.4 Å². The number of thioether (sulfide) groups is 1. The molecule has 1 aromatic heterocycles. The highest BCUT2D eigenvalue weighted by molar-refractivity contribution is 7.99. The Balaban J connectivity index is 2.30.